The fourth-order valence-electron chi connectivity index (χ4n) is 1.21. The molecule has 9 nitrogen and oxygen atoms in total. The molecule has 0 spiro atoms. The molecule has 0 heterocycles. The SMILES string of the molecule is CCOC(CC)(OC(=O)CC(=O)O)OC(=O)CC(=O)O. The van der Waals surface area contributed by atoms with Crippen LogP contribution in [0.1, 0.15) is 33.1 Å². The molecule has 0 atom stereocenters. The standard InChI is InChI=1S/C11H16O9/c1-3-11(18-4-2,19-9(16)5-7(12)13)20-10(17)6-8(14)15/h3-6H2,1-2H3,(H,12,13)(H,14,15). The Kier molecular flexibility index (Phi) is 7.22. The van der Waals surface area contributed by atoms with Crippen LogP contribution in [0.3, 0.4) is 0 Å². The molecule has 0 amide bonds. The minimum atomic E-state index is -2.12. The van der Waals surface area contributed by atoms with Gasteiger partial charge in [0.05, 0.1) is 13.0 Å². The van der Waals surface area contributed by atoms with Gasteiger partial charge < -0.3 is 24.4 Å². The van der Waals surface area contributed by atoms with Crippen molar-refractivity contribution >= 4 is 23.9 Å². The molecule has 0 radical (unpaired) electrons. The minimum absolute atomic E-state index is 0.00541. The lowest BCUT2D eigenvalue weighted by Gasteiger charge is -2.30. The topological polar surface area (TPSA) is 136 Å². The van der Waals surface area contributed by atoms with E-state index < -0.39 is 42.7 Å². The van der Waals surface area contributed by atoms with E-state index >= 15 is 0 Å². The molecule has 0 aromatic carbocycles. The van der Waals surface area contributed by atoms with Gasteiger partial charge in [0.1, 0.15) is 12.8 Å². The van der Waals surface area contributed by atoms with Crippen LogP contribution < -0.4 is 0 Å². The van der Waals surface area contributed by atoms with Crippen LogP contribution in [0, 0.1) is 0 Å². The van der Waals surface area contributed by atoms with E-state index in [1.165, 1.54) is 13.8 Å². The largest absolute Gasteiger partial charge is 0.481 e. The smallest absolute Gasteiger partial charge is 0.375 e. The first-order valence-electron chi connectivity index (χ1n) is 5.75. The van der Waals surface area contributed by atoms with E-state index in [4.69, 9.17) is 24.4 Å². The molecule has 2 N–H and O–H groups in total. The zero-order valence-electron chi connectivity index (χ0n) is 11.1. The molecule has 0 bridgehead atoms. The number of ether oxygens (including phenoxy) is 3. The van der Waals surface area contributed by atoms with Gasteiger partial charge in [-0.05, 0) is 6.92 Å². The van der Waals surface area contributed by atoms with Gasteiger partial charge in [-0.15, -0.1) is 0 Å². The predicted molar refractivity (Wildman–Crippen MR) is 61.3 cm³/mol. The maximum absolute atomic E-state index is 11.3. The second kappa shape index (κ2) is 8.10. The fraction of sp³-hybridized carbons (Fsp3) is 0.636. The Morgan fingerprint density at radius 3 is 1.55 bits per heavy atom. The molecule has 20 heavy (non-hydrogen) atoms. The van der Waals surface area contributed by atoms with Crippen LogP contribution in [0.4, 0.5) is 0 Å². The number of carboxylic acid groups (broad SMARTS) is 2. The summed E-state index contributed by atoms with van der Waals surface area (Å²) in [4.78, 5) is 43.4. The van der Waals surface area contributed by atoms with Gasteiger partial charge in [-0.3, -0.25) is 19.2 Å². The van der Waals surface area contributed by atoms with E-state index in [1.54, 1.807) is 0 Å². The van der Waals surface area contributed by atoms with E-state index in [9.17, 15) is 19.2 Å². The number of carboxylic acids is 2. The van der Waals surface area contributed by atoms with E-state index in [1.807, 2.05) is 0 Å². The number of hydrogen-bond acceptors (Lipinski definition) is 7. The first-order chi connectivity index (χ1) is 9.24. The molecular weight excluding hydrogens is 276 g/mol. The Bertz CT molecular complexity index is 357. The van der Waals surface area contributed by atoms with Crippen molar-refractivity contribution in [2.24, 2.45) is 0 Å². The number of carbonyl (C=O) groups excluding carboxylic acids is 2. The van der Waals surface area contributed by atoms with E-state index in [0.29, 0.717) is 0 Å². The number of aliphatic carboxylic acids is 2. The number of carbonyl (C=O) groups is 4. The molecule has 0 rings (SSSR count). The Morgan fingerprint density at radius 2 is 1.30 bits per heavy atom. The van der Waals surface area contributed by atoms with Crippen molar-refractivity contribution < 1.29 is 43.6 Å². The molecule has 0 unspecified atom stereocenters. The number of esters is 2. The molecule has 114 valence electrons. The molecule has 0 fully saturated rings. The van der Waals surface area contributed by atoms with Crippen LogP contribution in [-0.2, 0) is 33.4 Å². The maximum Gasteiger partial charge on any atom is 0.375 e. The molecule has 0 saturated carbocycles. The van der Waals surface area contributed by atoms with Gasteiger partial charge in [0, 0.05) is 0 Å². The molecule has 0 aliphatic heterocycles. The van der Waals surface area contributed by atoms with Gasteiger partial charge in [0.2, 0.25) is 0 Å². The summed E-state index contributed by atoms with van der Waals surface area (Å²) in [6, 6.07) is 0. The third-order valence-corrected chi connectivity index (χ3v) is 1.93. The van der Waals surface area contributed by atoms with Crippen LogP contribution in [0.5, 0.6) is 0 Å². The second-order valence-electron chi connectivity index (χ2n) is 3.56. The maximum atomic E-state index is 11.3. The molecule has 0 aromatic heterocycles. The average molecular weight is 292 g/mol. The predicted octanol–water partition coefficient (Wildman–Crippen LogP) is 0.123. The quantitative estimate of drug-likeness (QED) is 0.345. The van der Waals surface area contributed by atoms with E-state index in [0.717, 1.165) is 0 Å². The molecular formula is C11H16O9. The second-order valence-corrected chi connectivity index (χ2v) is 3.56. The van der Waals surface area contributed by atoms with Crippen molar-refractivity contribution in [2.75, 3.05) is 6.61 Å². The minimum Gasteiger partial charge on any atom is -0.481 e. The fourth-order valence-corrected chi connectivity index (χ4v) is 1.21. The summed E-state index contributed by atoms with van der Waals surface area (Å²) in [6.45, 7) is 2.98. The first kappa shape index (κ1) is 17.8. The van der Waals surface area contributed by atoms with E-state index in [-0.39, 0.29) is 13.0 Å². The van der Waals surface area contributed by atoms with Crippen LogP contribution in [0.15, 0.2) is 0 Å². The summed E-state index contributed by atoms with van der Waals surface area (Å²) in [5, 5.41) is 16.9. The lowest BCUT2D eigenvalue weighted by Crippen LogP contribution is -2.43. The third kappa shape index (κ3) is 6.69. The highest BCUT2D eigenvalue weighted by Gasteiger charge is 2.39. The van der Waals surface area contributed by atoms with E-state index in [2.05, 4.69) is 0 Å². The molecule has 9 heteroatoms. The summed E-state index contributed by atoms with van der Waals surface area (Å²) in [6.07, 6.45) is -2.01. The summed E-state index contributed by atoms with van der Waals surface area (Å²) >= 11 is 0. The summed E-state index contributed by atoms with van der Waals surface area (Å²) < 4.78 is 14.4. The first-order valence-corrected chi connectivity index (χ1v) is 5.75. The molecule has 0 aliphatic carbocycles. The van der Waals surface area contributed by atoms with Crippen molar-refractivity contribution in [3.8, 4) is 0 Å². The van der Waals surface area contributed by atoms with Gasteiger partial charge in [0.15, 0.2) is 0 Å². The van der Waals surface area contributed by atoms with Crippen molar-refractivity contribution in [3.63, 3.8) is 0 Å². The van der Waals surface area contributed by atoms with Crippen molar-refractivity contribution in [2.45, 2.75) is 39.1 Å². The Balaban J connectivity index is 4.89. The van der Waals surface area contributed by atoms with Crippen LogP contribution in [0.2, 0.25) is 0 Å². The van der Waals surface area contributed by atoms with Gasteiger partial charge in [-0.2, -0.15) is 0 Å². The highest BCUT2D eigenvalue weighted by Crippen LogP contribution is 2.21. The zero-order valence-corrected chi connectivity index (χ0v) is 11.1. The third-order valence-electron chi connectivity index (χ3n) is 1.93. The summed E-state index contributed by atoms with van der Waals surface area (Å²) in [5.74, 6) is -7.30. The monoisotopic (exact) mass is 292 g/mol. The Morgan fingerprint density at radius 1 is 0.900 bits per heavy atom. The molecule has 0 saturated heterocycles. The lowest BCUT2D eigenvalue weighted by molar-refractivity contribution is -0.345. The number of hydrogen-bond donors (Lipinski definition) is 2. The van der Waals surface area contributed by atoms with Gasteiger partial charge in [0.25, 0.3) is 0 Å². The normalized spacial score (nSPS) is 10.7. The van der Waals surface area contributed by atoms with Crippen molar-refractivity contribution in [1.29, 1.82) is 0 Å². The lowest BCUT2D eigenvalue weighted by atomic mass is 10.3. The van der Waals surface area contributed by atoms with Crippen LogP contribution in [-0.4, -0.2) is 46.7 Å². The highest BCUT2D eigenvalue weighted by atomic mass is 16.9. The van der Waals surface area contributed by atoms with Gasteiger partial charge in [-0.1, -0.05) is 6.92 Å². The van der Waals surface area contributed by atoms with Crippen molar-refractivity contribution in [3.05, 3.63) is 0 Å². The van der Waals surface area contributed by atoms with Gasteiger partial charge >= 0.3 is 29.9 Å². The highest BCUT2D eigenvalue weighted by molar-refractivity contribution is 5.91. The summed E-state index contributed by atoms with van der Waals surface area (Å²) in [7, 11) is 0. The zero-order chi connectivity index (χ0) is 15.8. The van der Waals surface area contributed by atoms with Crippen LogP contribution >= 0.6 is 0 Å². The summed E-state index contributed by atoms with van der Waals surface area (Å²) in [5.41, 5.74) is 0. The van der Waals surface area contributed by atoms with Crippen molar-refractivity contribution in [1.82, 2.24) is 0 Å². The Labute approximate surface area is 114 Å². The van der Waals surface area contributed by atoms with Gasteiger partial charge in [-0.25, -0.2) is 0 Å². The molecule has 0 aliphatic rings. The Hall–Kier alpha value is -2.16. The average Bonchev–Trinajstić information content (AvgIpc) is 2.26. The molecule has 0 aromatic rings. The number of rotatable bonds is 9. The van der Waals surface area contributed by atoms with Crippen LogP contribution in [0.25, 0.3) is 0 Å².